The third-order valence-electron chi connectivity index (χ3n) is 3.33. The second-order valence-corrected chi connectivity index (χ2v) is 4.96. The molecule has 2 aromatic carbocycles. The van der Waals surface area contributed by atoms with Crippen molar-refractivity contribution in [2.24, 2.45) is 0 Å². The molecule has 3 rings (SSSR count). The Hall–Kier alpha value is -2.13. The van der Waals surface area contributed by atoms with Gasteiger partial charge in [0.25, 0.3) is 0 Å². The molecule has 0 aliphatic heterocycles. The Kier molecular flexibility index (Phi) is 5.56. The number of halogens is 2. The maximum Gasteiger partial charge on any atom is 0.139 e. The second-order valence-electron chi connectivity index (χ2n) is 4.96. The molecule has 0 amide bonds. The molecule has 0 aliphatic rings. The Labute approximate surface area is 145 Å². The van der Waals surface area contributed by atoms with E-state index in [1.165, 1.54) is 0 Å². The van der Waals surface area contributed by atoms with Gasteiger partial charge in [-0.05, 0) is 17.7 Å². The molecular formula is C18H13F2NOZn. The molecule has 1 heterocycles. The number of benzene rings is 2. The number of rotatable bonds is 3. The fraction of sp³-hybridized carbons (Fsp3) is 0.0556. The molecule has 1 aromatic heterocycles. The zero-order valence-corrected chi connectivity index (χ0v) is 15.3. The van der Waals surface area contributed by atoms with Crippen LogP contribution in [0.2, 0.25) is 0 Å². The van der Waals surface area contributed by atoms with E-state index in [2.05, 4.69) is 4.98 Å². The van der Waals surface area contributed by atoms with Gasteiger partial charge in [0.05, 0.1) is 11.3 Å². The zero-order chi connectivity index (χ0) is 15.5. The molecule has 5 heteroatoms. The largest absolute Gasteiger partial charge is 0.507 e. The van der Waals surface area contributed by atoms with Gasteiger partial charge in [0.2, 0.25) is 0 Å². The van der Waals surface area contributed by atoms with Crippen molar-refractivity contribution in [2.75, 3.05) is 0 Å². The summed E-state index contributed by atoms with van der Waals surface area (Å²) in [7, 11) is 0. The number of phenols is 1. The molecule has 0 aliphatic carbocycles. The normalized spacial score (nSPS) is 10.2. The van der Waals surface area contributed by atoms with Gasteiger partial charge in [-0.1, -0.05) is 36.4 Å². The molecule has 0 atom stereocenters. The Bertz CT molecular complexity index is 786. The van der Waals surface area contributed by atoms with E-state index in [9.17, 15) is 13.9 Å². The van der Waals surface area contributed by atoms with E-state index in [4.69, 9.17) is 0 Å². The van der Waals surface area contributed by atoms with Crippen LogP contribution < -0.4 is 0 Å². The summed E-state index contributed by atoms with van der Waals surface area (Å²) in [5.74, 6) is -2.11. The molecule has 0 fully saturated rings. The van der Waals surface area contributed by atoms with Crippen LogP contribution in [0.3, 0.4) is 0 Å². The molecule has 0 saturated carbocycles. The number of nitrogens with zero attached hydrogens (tertiary/aromatic N) is 1. The van der Waals surface area contributed by atoms with Crippen molar-refractivity contribution in [2.45, 2.75) is 6.42 Å². The molecule has 2 nitrogen and oxygen atoms in total. The SMILES string of the molecule is Oc1cc(F)cc(F)c1-c1cccc(Cc2ccccc2)n1.[Zn]. The first-order valence-electron chi connectivity index (χ1n) is 6.82. The van der Waals surface area contributed by atoms with Crippen LogP contribution in [0, 0.1) is 11.6 Å². The van der Waals surface area contributed by atoms with Crippen molar-refractivity contribution < 1.29 is 33.4 Å². The average molecular weight is 363 g/mol. The summed E-state index contributed by atoms with van der Waals surface area (Å²) in [4.78, 5) is 4.37. The van der Waals surface area contributed by atoms with E-state index in [-0.39, 0.29) is 30.7 Å². The van der Waals surface area contributed by atoms with E-state index in [0.29, 0.717) is 6.42 Å². The van der Waals surface area contributed by atoms with E-state index >= 15 is 0 Å². The number of aromatic nitrogens is 1. The second kappa shape index (κ2) is 7.43. The number of aromatic hydroxyl groups is 1. The molecule has 112 valence electrons. The molecule has 1 N–H and O–H groups in total. The van der Waals surface area contributed by atoms with Crippen molar-refractivity contribution in [3.8, 4) is 17.0 Å². The maximum absolute atomic E-state index is 13.9. The van der Waals surface area contributed by atoms with Crippen LogP contribution in [0.25, 0.3) is 11.3 Å². The van der Waals surface area contributed by atoms with Gasteiger partial charge in [-0.2, -0.15) is 0 Å². The monoisotopic (exact) mass is 361 g/mol. The standard InChI is InChI=1S/C18H13F2NO.Zn/c19-13-10-15(20)18(17(22)11-13)16-8-4-7-14(21-16)9-12-5-2-1-3-6-12;/h1-8,10-11,22H,9H2;. The summed E-state index contributed by atoms with van der Waals surface area (Å²) in [6.45, 7) is 0. The van der Waals surface area contributed by atoms with Gasteiger partial charge in [-0.25, -0.2) is 8.78 Å². The zero-order valence-electron chi connectivity index (χ0n) is 12.3. The Morgan fingerprint density at radius 2 is 1.65 bits per heavy atom. The number of hydrogen-bond donors (Lipinski definition) is 1. The number of phenolic OH excluding ortho intramolecular Hbond substituents is 1. The first kappa shape index (κ1) is 17.2. The first-order valence-corrected chi connectivity index (χ1v) is 6.82. The summed E-state index contributed by atoms with van der Waals surface area (Å²) >= 11 is 0. The minimum Gasteiger partial charge on any atom is -0.507 e. The predicted octanol–water partition coefficient (Wildman–Crippen LogP) is 4.32. The topological polar surface area (TPSA) is 33.1 Å². The van der Waals surface area contributed by atoms with Crippen molar-refractivity contribution in [3.05, 3.63) is 83.6 Å². The quantitative estimate of drug-likeness (QED) is 0.704. The first-order chi connectivity index (χ1) is 10.6. The van der Waals surface area contributed by atoms with Crippen LogP contribution in [0.15, 0.2) is 60.7 Å². The Balaban J connectivity index is 0.00000192. The number of pyridine rings is 1. The maximum atomic E-state index is 13.9. The van der Waals surface area contributed by atoms with Gasteiger partial charge in [0.15, 0.2) is 0 Å². The minimum absolute atomic E-state index is 0. The van der Waals surface area contributed by atoms with Crippen LogP contribution in [-0.2, 0) is 25.9 Å². The molecule has 0 spiro atoms. The third kappa shape index (κ3) is 3.99. The van der Waals surface area contributed by atoms with Crippen molar-refractivity contribution in [3.63, 3.8) is 0 Å². The Morgan fingerprint density at radius 3 is 2.35 bits per heavy atom. The van der Waals surface area contributed by atoms with E-state index < -0.39 is 17.4 Å². The molecule has 23 heavy (non-hydrogen) atoms. The van der Waals surface area contributed by atoms with Crippen LogP contribution in [0.5, 0.6) is 5.75 Å². The van der Waals surface area contributed by atoms with Gasteiger partial charge < -0.3 is 5.11 Å². The fourth-order valence-electron chi connectivity index (χ4n) is 2.34. The van der Waals surface area contributed by atoms with Gasteiger partial charge in [-0.15, -0.1) is 0 Å². The predicted molar refractivity (Wildman–Crippen MR) is 80.5 cm³/mol. The summed E-state index contributed by atoms with van der Waals surface area (Å²) < 4.78 is 27.0. The molecule has 0 bridgehead atoms. The van der Waals surface area contributed by atoms with E-state index in [1.807, 2.05) is 36.4 Å². The van der Waals surface area contributed by atoms with Gasteiger partial charge in [0.1, 0.15) is 17.4 Å². The van der Waals surface area contributed by atoms with E-state index in [1.54, 1.807) is 12.1 Å². The minimum atomic E-state index is -0.832. The van der Waals surface area contributed by atoms with Gasteiger partial charge >= 0.3 is 0 Å². The Morgan fingerprint density at radius 1 is 0.913 bits per heavy atom. The van der Waals surface area contributed by atoms with E-state index in [0.717, 1.165) is 23.4 Å². The van der Waals surface area contributed by atoms with Crippen LogP contribution >= 0.6 is 0 Å². The average Bonchev–Trinajstić information content (AvgIpc) is 2.47. The summed E-state index contributed by atoms with van der Waals surface area (Å²) in [5.41, 5.74) is 2.02. The molecule has 0 unspecified atom stereocenters. The van der Waals surface area contributed by atoms with Gasteiger partial charge in [0, 0.05) is 43.7 Å². The molecule has 3 aromatic rings. The van der Waals surface area contributed by atoms with Crippen molar-refractivity contribution in [1.29, 1.82) is 0 Å². The van der Waals surface area contributed by atoms with Crippen molar-refractivity contribution in [1.82, 2.24) is 4.98 Å². The van der Waals surface area contributed by atoms with Crippen LogP contribution in [0.4, 0.5) is 8.78 Å². The fourth-order valence-corrected chi connectivity index (χ4v) is 2.34. The molecular weight excluding hydrogens is 350 g/mol. The summed E-state index contributed by atoms with van der Waals surface area (Å²) in [6, 6.07) is 16.5. The van der Waals surface area contributed by atoms with Crippen LogP contribution in [-0.4, -0.2) is 10.1 Å². The summed E-state index contributed by atoms with van der Waals surface area (Å²) in [6.07, 6.45) is 0.595. The van der Waals surface area contributed by atoms with Crippen molar-refractivity contribution >= 4 is 0 Å². The van der Waals surface area contributed by atoms with Gasteiger partial charge in [-0.3, -0.25) is 4.98 Å². The smallest absolute Gasteiger partial charge is 0.139 e. The number of hydrogen-bond acceptors (Lipinski definition) is 2. The molecule has 0 radical (unpaired) electrons. The summed E-state index contributed by atoms with van der Waals surface area (Å²) in [5, 5.41) is 9.79. The molecule has 0 saturated heterocycles. The third-order valence-corrected chi connectivity index (χ3v) is 3.33. The van der Waals surface area contributed by atoms with Crippen LogP contribution in [0.1, 0.15) is 11.3 Å².